The lowest BCUT2D eigenvalue weighted by Crippen LogP contribution is -2.53. The van der Waals surface area contributed by atoms with E-state index in [9.17, 15) is 14.4 Å². The van der Waals surface area contributed by atoms with Crippen molar-refractivity contribution in [2.75, 3.05) is 18.6 Å². The average Bonchev–Trinajstić information content (AvgIpc) is 2.72. The second-order valence-corrected chi connectivity index (χ2v) is 10.3. The number of alkyl carbamates (subject to hydrolysis) is 1. The lowest BCUT2D eigenvalue weighted by Gasteiger charge is -2.34. The van der Waals surface area contributed by atoms with Crippen LogP contribution in [0.1, 0.15) is 72.1 Å². The van der Waals surface area contributed by atoms with Crippen molar-refractivity contribution < 1.29 is 19.1 Å². The number of rotatable bonds is 11. The molecular weight excluding hydrogens is 438 g/mol. The number of carbonyl (C=O) groups is 3. The summed E-state index contributed by atoms with van der Waals surface area (Å²) in [5.74, 6) is 0.129. The van der Waals surface area contributed by atoms with Gasteiger partial charge in [0.15, 0.2) is 0 Å². The van der Waals surface area contributed by atoms with Gasteiger partial charge in [0.2, 0.25) is 11.8 Å². The molecule has 0 aliphatic heterocycles. The predicted molar refractivity (Wildman–Crippen MR) is 135 cm³/mol. The van der Waals surface area contributed by atoms with E-state index in [0.29, 0.717) is 18.7 Å². The van der Waals surface area contributed by atoms with Crippen LogP contribution < -0.4 is 10.6 Å². The maximum absolute atomic E-state index is 13.7. The van der Waals surface area contributed by atoms with Crippen LogP contribution in [0.3, 0.4) is 0 Å². The van der Waals surface area contributed by atoms with Crippen LogP contribution in [0.4, 0.5) is 4.79 Å². The molecule has 0 radical (unpaired) electrons. The second-order valence-electron chi connectivity index (χ2n) is 9.27. The molecule has 186 valence electrons. The fraction of sp³-hybridized carbons (Fsp3) is 0.640. The molecule has 2 unspecified atom stereocenters. The summed E-state index contributed by atoms with van der Waals surface area (Å²) >= 11 is 1.59. The molecule has 0 bridgehead atoms. The monoisotopic (exact) mass is 479 g/mol. The van der Waals surface area contributed by atoms with Crippen LogP contribution in [0.5, 0.6) is 0 Å². The smallest absolute Gasteiger partial charge is 0.408 e. The number of hydrogen-bond donors (Lipinski definition) is 2. The summed E-state index contributed by atoms with van der Waals surface area (Å²) in [4.78, 5) is 40.9. The van der Waals surface area contributed by atoms with Crippen LogP contribution in [0.25, 0.3) is 0 Å². The van der Waals surface area contributed by atoms with Gasteiger partial charge in [-0.3, -0.25) is 9.59 Å². The van der Waals surface area contributed by atoms with Crippen molar-refractivity contribution in [3.63, 3.8) is 0 Å². The summed E-state index contributed by atoms with van der Waals surface area (Å²) in [6.07, 6.45) is 2.62. The molecule has 1 rings (SSSR count). The number of ether oxygens (including phenoxy) is 1. The zero-order valence-electron chi connectivity index (χ0n) is 21.4. The Labute approximate surface area is 203 Å². The predicted octanol–water partition coefficient (Wildman–Crippen LogP) is 4.31. The third kappa shape index (κ3) is 9.66. The highest BCUT2D eigenvalue weighted by atomic mass is 32.2. The number of aryl methyl sites for hydroxylation is 1. The van der Waals surface area contributed by atoms with Crippen molar-refractivity contribution in [2.24, 2.45) is 0 Å². The summed E-state index contributed by atoms with van der Waals surface area (Å²) < 4.78 is 5.38. The van der Waals surface area contributed by atoms with Crippen LogP contribution in [0, 0.1) is 0 Å². The van der Waals surface area contributed by atoms with Crippen LogP contribution in [0.2, 0.25) is 0 Å². The van der Waals surface area contributed by atoms with E-state index >= 15 is 0 Å². The van der Waals surface area contributed by atoms with E-state index in [1.54, 1.807) is 37.4 Å². The Kier molecular flexibility index (Phi) is 11.8. The fourth-order valence-corrected chi connectivity index (χ4v) is 3.85. The van der Waals surface area contributed by atoms with Gasteiger partial charge >= 0.3 is 6.09 Å². The molecule has 0 saturated heterocycles. The van der Waals surface area contributed by atoms with Gasteiger partial charge in [0.25, 0.3) is 0 Å². The summed E-state index contributed by atoms with van der Waals surface area (Å²) in [6, 6.07) is 6.09. The third-order valence-corrected chi connectivity index (χ3v) is 5.56. The van der Waals surface area contributed by atoms with Crippen LogP contribution in [-0.2, 0) is 20.7 Å². The van der Waals surface area contributed by atoms with E-state index in [1.165, 1.54) is 0 Å². The van der Waals surface area contributed by atoms with Gasteiger partial charge in [0, 0.05) is 12.6 Å². The summed E-state index contributed by atoms with van der Waals surface area (Å²) in [5, 5.41) is 5.67. The molecule has 8 heteroatoms. The molecule has 0 spiro atoms. The minimum Gasteiger partial charge on any atom is -0.444 e. The minimum atomic E-state index is -0.798. The van der Waals surface area contributed by atoms with Gasteiger partial charge in [0.1, 0.15) is 17.7 Å². The maximum Gasteiger partial charge on any atom is 0.408 e. The second kappa shape index (κ2) is 13.5. The molecule has 0 aromatic heterocycles. The first-order valence-corrected chi connectivity index (χ1v) is 13.0. The number of nitrogens with one attached hydrogen (secondary N) is 2. The van der Waals surface area contributed by atoms with Crippen molar-refractivity contribution in [1.29, 1.82) is 0 Å². The highest BCUT2D eigenvalue weighted by Gasteiger charge is 2.35. The number of nitrogens with zero attached hydrogens (tertiary/aromatic N) is 1. The first-order chi connectivity index (χ1) is 15.4. The van der Waals surface area contributed by atoms with Gasteiger partial charge < -0.3 is 20.3 Å². The van der Waals surface area contributed by atoms with E-state index in [-0.39, 0.29) is 17.9 Å². The Hall–Kier alpha value is -2.22. The largest absolute Gasteiger partial charge is 0.444 e. The van der Waals surface area contributed by atoms with Crippen molar-refractivity contribution in [3.05, 3.63) is 35.4 Å². The molecule has 2 N–H and O–H groups in total. The topological polar surface area (TPSA) is 87.7 Å². The van der Waals surface area contributed by atoms with Gasteiger partial charge in [-0.05, 0) is 77.5 Å². The first-order valence-electron chi connectivity index (χ1n) is 11.6. The Morgan fingerprint density at radius 1 is 1.06 bits per heavy atom. The molecule has 3 amide bonds. The zero-order valence-corrected chi connectivity index (χ0v) is 22.2. The van der Waals surface area contributed by atoms with E-state index in [0.717, 1.165) is 17.5 Å². The normalized spacial score (nSPS) is 13.2. The highest BCUT2D eigenvalue weighted by molar-refractivity contribution is 7.98. The van der Waals surface area contributed by atoms with Crippen molar-refractivity contribution in [1.82, 2.24) is 15.5 Å². The molecule has 1 aromatic carbocycles. The van der Waals surface area contributed by atoms with Crippen LogP contribution >= 0.6 is 11.8 Å². The molecule has 0 aliphatic rings. The minimum absolute atomic E-state index is 0.0732. The number of hydrogen-bond acceptors (Lipinski definition) is 5. The quantitative estimate of drug-likeness (QED) is 0.494. The van der Waals surface area contributed by atoms with Gasteiger partial charge in [0.05, 0.1) is 0 Å². The fourth-order valence-electron chi connectivity index (χ4n) is 3.38. The van der Waals surface area contributed by atoms with Crippen molar-refractivity contribution in [3.8, 4) is 0 Å². The Morgan fingerprint density at radius 2 is 1.67 bits per heavy atom. The maximum atomic E-state index is 13.7. The first kappa shape index (κ1) is 28.8. The van der Waals surface area contributed by atoms with Crippen molar-refractivity contribution in [2.45, 2.75) is 85.0 Å². The number of benzene rings is 1. The van der Waals surface area contributed by atoms with Gasteiger partial charge in [-0.1, -0.05) is 31.2 Å². The molecule has 33 heavy (non-hydrogen) atoms. The van der Waals surface area contributed by atoms with Gasteiger partial charge in [-0.2, -0.15) is 11.8 Å². The van der Waals surface area contributed by atoms with E-state index in [4.69, 9.17) is 4.74 Å². The van der Waals surface area contributed by atoms with Crippen molar-refractivity contribution >= 4 is 29.7 Å². The van der Waals surface area contributed by atoms with Crippen LogP contribution in [0.15, 0.2) is 24.3 Å². The molecule has 1 aromatic rings. The summed E-state index contributed by atoms with van der Waals surface area (Å²) in [6.45, 7) is 13.3. The highest BCUT2D eigenvalue weighted by Crippen LogP contribution is 2.24. The molecule has 0 aliphatic carbocycles. The summed E-state index contributed by atoms with van der Waals surface area (Å²) in [5.41, 5.74) is 1.21. The molecule has 0 heterocycles. The Bertz CT molecular complexity index is 775. The van der Waals surface area contributed by atoms with Crippen LogP contribution in [-0.4, -0.2) is 59.0 Å². The molecule has 0 saturated carbocycles. The third-order valence-electron chi connectivity index (χ3n) is 4.92. The number of amides is 3. The van der Waals surface area contributed by atoms with E-state index < -0.39 is 23.8 Å². The molecule has 7 nitrogen and oxygen atoms in total. The summed E-state index contributed by atoms with van der Waals surface area (Å²) in [7, 11) is 0. The molecule has 2 atom stereocenters. The molecular formula is C25H41N3O4S. The van der Waals surface area contributed by atoms with Gasteiger partial charge in [-0.15, -0.1) is 0 Å². The number of likely N-dealkylation sites (N-methyl/N-ethyl adjacent to an activating group) is 1. The lowest BCUT2D eigenvalue weighted by atomic mass is 10.00. The number of carbonyl (C=O) groups excluding carboxylic acids is 3. The molecule has 0 fully saturated rings. The average molecular weight is 480 g/mol. The van der Waals surface area contributed by atoms with E-state index in [1.807, 2.05) is 51.3 Å². The standard InChI is InChI=1S/C25H41N3O4S/c1-9-18-11-13-19(14-12-18)21(22(29)26-17(3)4)28(10-2)23(30)20(15-16-33-8)27-24(31)32-25(5,6)7/h11-14,17,20-21H,9-10,15-16H2,1-8H3,(H,26,29)(H,27,31). The SMILES string of the molecule is CCc1ccc(C(C(=O)NC(C)C)N(CC)C(=O)C(CCSC)NC(=O)OC(C)(C)C)cc1. The zero-order chi connectivity index (χ0) is 25.2. The van der Waals surface area contributed by atoms with E-state index in [2.05, 4.69) is 17.6 Å². The Balaban J connectivity index is 3.30. The number of thioether (sulfide) groups is 1. The Morgan fingerprint density at radius 3 is 2.12 bits per heavy atom. The van der Waals surface area contributed by atoms with Gasteiger partial charge in [-0.25, -0.2) is 4.79 Å². The lowest BCUT2D eigenvalue weighted by molar-refractivity contribution is -0.142.